The highest BCUT2D eigenvalue weighted by Gasteiger charge is 2.17. The Morgan fingerprint density at radius 2 is 1.92 bits per heavy atom. The maximum Gasteiger partial charge on any atom is 0.341 e. The van der Waals surface area contributed by atoms with Gasteiger partial charge in [0.05, 0.1) is 12.6 Å². The lowest BCUT2D eigenvalue weighted by atomic mass is 10.1. The Labute approximate surface area is 154 Å². The third-order valence-electron chi connectivity index (χ3n) is 3.30. The van der Waals surface area contributed by atoms with E-state index in [4.69, 9.17) is 9.84 Å². The molecule has 0 aliphatic carbocycles. The highest BCUT2D eigenvalue weighted by molar-refractivity contribution is 7.91. The Morgan fingerprint density at radius 3 is 2.50 bits per heavy atom. The summed E-state index contributed by atoms with van der Waals surface area (Å²) in [5.41, 5.74) is 0.766. The van der Waals surface area contributed by atoms with Gasteiger partial charge in [0, 0.05) is 0 Å². The van der Waals surface area contributed by atoms with Gasteiger partial charge in [0.2, 0.25) is 5.91 Å². The molecular formula is C16H18N2O6S2. The first kappa shape index (κ1) is 19.9. The van der Waals surface area contributed by atoms with E-state index in [2.05, 4.69) is 10.0 Å². The largest absolute Gasteiger partial charge is 0.482 e. The van der Waals surface area contributed by atoms with Gasteiger partial charge in [-0.25, -0.2) is 17.9 Å². The third-order valence-corrected chi connectivity index (χ3v) is 6.10. The van der Waals surface area contributed by atoms with Crippen LogP contribution in [-0.2, 0) is 19.6 Å². The molecule has 1 atom stereocenters. The molecule has 10 heteroatoms. The van der Waals surface area contributed by atoms with E-state index in [-0.39, 0.29) is 16.8 Å². The van der Waals surface area contributed by atoms with Crippen LogP contribution in [0.2, 0.25) is 0 Å². The number of amides is 1. The zero-order chi connectivity index (χ0) is 19.2. The maximum atomic E-state index is 12.0. The van der Waals surface area contributed by atoms with Crippen LogP contribution >= 0.6 is 11.3 Å². The number of hydrogen-bond donors (Lipinski definition) is 3. The quantitative estimate of drug-likeness (QED) is 0.586. The summed E-state index contributed by atoms with van der Waals surface area (Å²) >= 11 is 1.07. The fourth-order valence-corrected chi connectivity index (χ4v) is 4.04. The average Bonchev–Trinajstić information content (AvgIpc) is 3.14. The Balaban J connectivity index is 1.85. The van der Waals surface area contributed by atoms with Crippen LogP contribution in [0, 0.1) is 0 Å². The molecule has 1 aromatic heterocycles. The average molecular weight is 398 g/mol. The molecule has 1 amide bonds. The van der Waals surface area contributed by atoms with Crippen molar-refractivity contribution in [1.82, 2.24) is 10.0 Å². The second-order valence-electron chi connectivity index (χ2n) is 5.30. The van der Waals surface area contributed by atoms with Gasteiger partial charge < -0.3 is 15.2 Å². The second-order valence-corrected chi connectivity index (χ2v) is 8.24. The van der Waals surface area contributed by atoms with Gasteiger partial charge in [0.25, 0.3) is 10.0 Å². The first-order chi connectivity index (χ1) is 12.3. The fraction of sp³-hybridized carbons (Fsp3) is 0.250. The Morgan fingerprint density at radius 1 is 1.23 bits per heavy atom. The summed E-state index contributed by atoms with van der Waals surface area (Å²) in [6, 6.07) is 9.30. The van der Waals surface area contributed by atoms with E-state index in [0.717, 1.165) is 16.9 Å². The predicted octanol–water partition coefficient (Wildman–Crippen LogP) is 1.37. The molecule has 0 saturated carbocycles. The molecular weight excluding hydrogens is 380 g/mol. The molecule has 26 heavy (non-hydrogen) atoms. The minimum atomic E-state index is -3.69. The summed E-state index contributed by atoms with van der Waals surface area (Å²) in [6.45, 7) is 0.944. The van der Waals surface area contributed by atoms with E-state index < -0.39 is 28.5 Å². The van der Waals surface area contributed by atoms with Gasteiger partial charge in [-0.3, -0.25) is 4.79 Å². The van der Waals surface area contributed by atoms with Crippen LogP contribution in [0.3, 0.4) is 0 Å². The van der Waals surface area contributed by atoms with E-state index in [1.807, 2.05) is 0 Å². The molecule has 0 spiro atoms. The van der Waals surface area contributed by atoms with Crippen molar-refractivity contribution in [2.75, 3.05) is 13.2 Å². The summed E-state index contributed by atoms with van der Waals surface area (Å²) in [6.07, 6.45) is 0. The second kappa shape index (κ2) is 8.79. The minimum absolute atomic E-state index is 0.148. The summed E-state index contributed by atoms with van der Waals surface area (Å²) < 4.78 is 31.4. The van der Waals surface area contributed by atoms with Crippen molar-refractivity contribution < 1.29 is 27.9 Å². The van der Waals surface area contributed by atoms with Gasteiger partial charge in [-0.15, -0.1) is 11.3 Å². The molecule has 0 aliphatic rings. The Kier molecular flexibility index (Phi) is 6.72. The molecule has 1 heterocycles. The first-order valence-electron chi connectivity index (χ1n) is 7.55. The standard InChI is InChI=1S/C16H18N2O6S2/c1-11(12-4-6-13(7-5-12)24-10-15(20)21)18-14(19)9-17-26(22,23)16-3-2-8-25-16/h2-8,11,17H,9-10H2,1H3,(H,18,19)(H,20,21). The maximum absolute atomic E-state index is 12.0. The van der Waals surface area contributed by atoms with Gasteiger partial charge in [-0.2, -0.15) is 0 Å². The number of thiophene rings is 1. The molecule has 0 aliphatic heterocycles. The lowest BCUT2D eigenvalue weighted by molar-refractivity contribution is -0.139. The smallest absolute Gasteiger partial charge is 0.341 e. The number of rotatable bonds is 9. The molecule has 2 aromatic rings. The summed E-state index contributed by atoms with van der Waals surface area (Å²) in [5, 5.41) is 12.9. The topological polar surface area (TPSA) is 122 Å². The molecule has 3 N–H and O–H groups in total. The van der Waals surface area contributed by atoms with Crippen LogP contribution in [0.25, 0.3) is 0 Å². The van der Waals surface area contributed by atoms with Crippen molar-refractivity contribution in [2.45, 2.75) is 17.2 Å². The van der Waals surface area contributed by atoms with Crippen molar-refractivity contribution in [3.8, 4) is 5.75 Å². The normalized spacial score (nSPS) is 12.3. The number of carboxylic acids is 1. The fourth-order valence-electron chi connectivity index (χ4n) is 2.02. The summed E-state index contributed by atoms with van der Waals surface area (Å²) in [5.74, 6) is -1.14. The third kappa shape index (κ3) is 5.83. The SMILES string of the molecule is CC(NC(=O)CNS(=O)(=O)c1cccs1)c1ccc(OCC(=O)O)cc1. The van der Waals surface area contributed by atoms with E-state index in [1.165, 1.54) is 6.07 Å². The van der Waals surface area contributed by atoms with E-state index >= 15 is 0 Å². The molecule has 0 fully saturated rings. The number of carboxylic acid groups (broad SMARTS) is 1. The molecule has 1 unspecified atom stereocenters. The van der Waals surface area contributed by atoms with Crippen LogP contribution in [0.1, 0.15) is 18.5 Å². The van der Waals surface area contributed by atoms with Crippen molar-refractivity contribution in [1.29, 1.82) is 0 Å². The Bertz CT molecular complexity index is 847. The highest BCUT2D eigenvalue weighted by Crippen LogP contribution is 2.18. The van der Waals surface area contributed by atoms with Crippen LogP contribution in [-0.4, -0.2) is 38.6 Å². The van der Waals surface area contributed by atoms with Gasteiger partial charge in [0.1, 0.15) is 9.96 Å². The Hall–Kier alpha value is -2.43. The number of nitrogens with one attached hydrogen (secondary N) is 2. The molecule has 0 saturated heterocycles. The zero-order valence-electron chi connectivity index (χ0n) is 13.8. The van der Waals surface area contributed by atoms with Crippen LogP contribution in [0.15, 0.2) is 46.0 Å². The minimum Gasteiger partial charge on any atom is -0.482 e. The molecule has 140 valence electrons. The number of carbonyl (C=O) groups is 2. The van der Waals surface area contributed by atoms with Crippen molar-refractivity contribution in [3.05, 3.63) is 47.3 Å². The number of aliphatic carboxylic acids is 1. The molecule has 0 bridgehead atoms. The lowest BCUT2D eigenvalue weighted by Gasteiger charge is -2.15. The monoisotopic (exact) mass is 398 g/mol. The van der Waals surface area contributed by atoms with E-state index in [9.17, 15) is 18.0 Å². The highest BCUT2D eigenvalue weighted by atomic mass is 32.2. The van der Waals surface area contributed by atoms with Gasteiger partial charge >= 0.3 is 5.97 Å². The van der Waals surface area contributed by atoms with Crippen molar-refractivity contribution in [3.63, 3.8) is 0 Å². The number of hydrogen-bond acceptors (Lipinski definition) is 6. The van der Waals surface area contributed by atoms with Gasteiger partial charge in [0.15, 0.2) is 6.61 Å². The number of carbonyl (C=O) groups excluding carboxylic acids is 1. The van der Waals surface area contributed by atoms with Crippen molar-refractivity contribution in [2.24, 2.45) is 0 Å². The van der Waals surface area contributed by atoms with Crippen LogP contribution in [0.5, 0.6) is 5.75 Å². The first-order valence-corrected chi connectivity index (χ1v) is 9.91. The number of sulfonamides is 1. The van der Waals surface area contributed by atoms with Gasteiger partial charge in [-0.1, -0.05) is 18.2 Å². The lowest BCUT2D eigenvalue weighted by Crippen LogP contribution is -2.37. The molecule has 0 radical (unpaired) electrons. The number of benzene rings is 1. The van der Waals surface area contributed by atoms with E-state index in [0.29, 0.717) is 5.75 Å². The summed E-state index contributed by atoms with van der Waals surface area (Å²) in [4.78, 5) is 22.4. The molecule has 2 rings (SSSR count). The van der Waals surface area contributed by atoms with Gasteiger partial charge in [-0.05, 0) is 36.1 Å². The number of ether oxygens (including phenoxy) is 1. The predicted molar refractivity (Wildman–Crippen MR) is 95.6 cm³/mol. The van der Waals surface area contributed by atoms with E-state index in [1.54, 1.807) is 42.6 Å². The molecule has 1 aromatic carbocycles. The molecule has 8 nitrogen and oxygen atoms in total. The van der Waals surface area contributed by atoms with Crippen LogP contribution < -0.4 is 14.8 Å². The van der Waals surface area contributed by atoms with Crippen molar-refractivity contribution >= 4 is 33.2 Å². The van der Waals surface area contributed by atoms with Crippen LogP contribution in [0.4, 0.5) is 0 Å². The zero-order valence-corrected chi connectivity index (χ0v) is 15.5. The summed E-state index contributed by atoms with van der Waals surface area (Å²) in [7, 11) is -3.69.